The van der Waals surface area contributed by atoms with Gasteiger partial charge in [-0.15, -0.1) is 0 Å². The summed E-state index contributed by atoms with van der Waals surface area (Å²) < 4.78 is 2.02. The minimum atomic E-state index is -0.00764. The maximum Gasteiger partial charge on any atom is 0.268 e. The lowest BCUT2D eigenvalue weighted by Gasteiger charge is -2.16. The van der Waals surface area contributed by atoms with Crippen LogP contribution in [-0.4, -0.2) is 16.5 Å². The molecule has 1 saturated carbocycles. The molecule has 1 aromatic heterocycles. The Morgan fingerprint density at radius 2 is 2.17 bits per heavy atom. The molecule has 1 atom stereocenters. The third-order valence-corrected chi connectivity index (χ3v) is 3.25. The van der Waals surface area contributed by atoms with Crippen molar-refractivity contribution in [3.05, 3.63) is 18.0 Å². The van der Waals surface area contributed by atoms with E-state index in [1.165, 1.54) is 0 Å². The standard InChI is InChI=1S/C14H23N3O/c1-9(2)6-10(3)16-14(18)13-7-11(15)8-17(13)12-4-5-12/h7-10,12H,4-6,15H2,1-3H3,(H,16,18). The van der Waals surface area contributed by atoms with Crippen molar-refractivity contribution < 1.29 is 4.79 Å². The van der Waals surface area contributed by atoms with E-state index in [9.17, 15) is 4.79 Å². The Balaban J connectivity index is 2.04. The quantitative estimate of drug-likeness (QED) is 0.842. The van der Waals surface area contributed by atoms with Crippen LogP contribution < -0.4 is 11.1 Å². The molecule has 1 amide bonds. The molecule has 1 fully saturated rings. The van der Waals surface area contributed by atoms with Gasteiger partial charge in [-0.05, 0) is 38.2 Å². The van der Waals surface area contributed by atoms with Crippen LogP contribution in [0.25, 0.3) is 0 Å². The van der Waals surface area contributed by atoms with Gasteiger partial charge in [0.15, 0.2) is 0 Å². The lowest BCUT2D eigenvalue weighted by molar-refractivity contribution is 0.0926. The van der Waals surface area contributed by atoms with Gasteiger partial charge in [0.05, 0.1) is 5.69 Å². The predicted octanol–water partition coefficient (Wildman–Crippen LogP) is 2.57. The minimum absolute atomic E-state index is 0.00764. The summed E-state index contributed by atoms with van der Waals surface area (Å²) in [4.78, 5) is 12.2. The van der Waals surface area contributed by atoms with Gasteiger partial charge in [-0.2, -0.15) is 0 Å². The Morgan fingerprint density at radius 1 is 1.50 bits per heavy atom. The number of nitrogens with zero attached hydrogens (tertiary/aromatic N) is 1. The molecular weight excluding hydrogens is 226 g/mol. The minimum Gasteiger partial charge on any atom is -0.397 e. The first-order valence-corrected chi connectivity index (χ1v) is 6.75. The zero-order chi connectivity index (χ0) is 13.3. The second-order valence-corrected chi connectivity index (χ2v) is 5.80. The molecule has 1 aliphatic rings. The van der Waals surface area contributed by atoms with Crippen molar-refractivity contribution in [2.45, 2.75) is 52.1 Å². The average molecular weight is 249 g/mol. The van der Waals surface area contributed by atoms with Crippen LogP contribution in [0.3, 0.4) is 0 Å². The summed E-state index contributed by atoms with van der Waals surface area (Å²) in [5, 5.41) is 3.05. The number of anilines is 1. The van der Waals surface area contributed by atoms with Gasteiger partial charge in [0.2, 0.25) is 0 Å². The van der Waals surface area contributed by atoms with E-state index in [2.05, 4.69) is 19.2 Å². The molecular formula is C14H23N3O. The molecule has 0 spiro atoms. The van der Waals surface area contributed by atoms with Crippen LogP contribution in [0.5, 0.6) is 0 Å². The van der Waals surface area contributed by atoms with E-state index in [1.54, 1.807) is 6.07 Å². The van der Waals surface area contributed by atoms with E-state index < -0.39 is 0 Å². The summed E-state index contributed by atoms with van der Waals surface area (Å²) >= 11 is 0. The monoisotopic (exact) mass is 249 g/mol. The van der Waals surface area contributed by atoms with Gasteiger partial charge in [0, 0.05) is 18.3 Å². The molecule has 4 nitrogen and oxygen atoms in total. The highest BCUT2D eigenvalue weighted by atomic mass is 16.2. The molecule has 0 saturated heterocycles. The Morgan fingerprint density at radius 3 is 2.72 bits per heavy atom. The second kappa shape index (κ2) is 5.04. The van der Waals surface area contributed by atoms with Crippen LogP contribution in [-0.2, 0) is 0 Å². The Kier molecular flexibility index (Phi) is 3.64. The van der Waals surface area contributed by atoms with Crippen molar-refractivity contribution in [2.24, 2.45) is 5.92 Å². The first kappa shape index (κ1) is 13.0. The maximum atomic E-state index is 12.2. The predicted molar refractivity (Wildman–Crippen MR) is 73.5 cm³/mol. The molecule has 3 N–H and O–H groups in total. The lowest BCUT2D eigenvalue weighted by atomic mass is 10.1. The first-order valence-electron chi connectivity index (χ1n) is 6.75. The number of hydrogen-bond acceptors (Lipinski definition) is 2. The van der Waals surface area contributed by atoms with Crippen LogP contribution in [0.15, 0.2) is 12.3 Å². The summed E-state index contributed by atoms with van der Waals surface area (Å²) in [6.07, 6.45) is 5.16. The number of hydrogen-bond donors (Lipinski definition) is 2. The fourth-order valence-electron chi connectivity index (χ4n) is 2.40. The van der Waals surface area contributed by atoms with Gasteiger partial charge in [0.1, 0.15) is 5.69 Å². The molecule has 1 heterocycles. The van der Waals surface area contributed by atoms with Crippen molar-refractivity contribution >= 4 is 11.6 Å². The number of nitrogens with two attached hydrogens (primary N) is 1. The zero-order valence-electron chi connectivity index (χ0n) is 11.4. The molecule has 18 heavy (non-hydrogen) atoms. The van der Waals surface area contributed by atoms with Gasteiger partial charge in [-0.3, -0.25) is 4.79 Å². The van der Waals surface area contributed by atoms with Crippen LogP contribution in [0.1, 0.15) is 56.6 Å². The molecule has 4 heteroatoms. The zero-order valence-corrected chi connectivity index (χ0v) is 11.4. The normalized spacial score (nSPS) is 16.9. The number of amides is 1. The van der Waals surface area contributed by atoms with Crippen molar-refractivity contribution in [3.63, 3.8) is 0 Å². The van der Waals surface area contributed by atoms with Crippen LogP contribution >= 0.6 is 0 Å². The highest BCUT2D eigenvalue weighted by Crippen LogP contribution is 2.37. The first-order chi connectivity index (χ1) is 8.47. The Labute approximate surface area is 109 Å². The molecule has 0 aromatic carbocycles. The Hall–Kier alpha value is -1.45. The molecule has 0 bridgehead atoms. The highest BCUT2D eigenvalue weighted by Gasteiger charge is 2.28. The summed E-state index contributed by atoms with van der Waals surface area (Å²) in [6, 6.07) is 2.44. The topological polar surface area (TPSA) is 60.1 Å². The largest absolute Gasteiger partial charge is 0.397 e. The number of nitrogen functional groups attached to an aromatic ring is 1. The fraction of sp³-hybridized carbons (Fsp3) is 0.643. The molecule has 2 rings (SSSR count). The number of carbonyl (C=O) groups is 1. The molecule has 1 unspecified atom stereocenters. The smallest absolute Gasteiger partial charge is 0.268 e. The van der Waals surface area contributed by atoms with Crippen LogP contribution in [0.4, 0.5) is 5.69 Å². The van der Waals surface area contributed by atoms with E-state index in [1.807, 2.05) is 17.7 Å². The van der Waals surface area contributed by atoms with Gasteiger partial charge >= 0.3 is 0 Å². The maximum absolute atomic E-state index is 12.2. The summed E-state index contributed by atoms with van der Waals surface area (Å²) in [7, 11) is 0. The SMILES string of the molecule is CC(C)CC(C)NC(=O)c1cc(N)cn1C1CC1. The van der Waals surface area contributed by atoms with Gasteiger partial charge in [-0.25, -0.2) is 0 Å². The third-order valence-electron chi connectivity index (χ3n) is 3.25. The summed E-state index contributed by atoms with van der Waals surface area (Å²) in [5.74, 6) is 0.576. The number of carbonyl (C=O) groups excluding carboxylic acids is 1. The van der Waals surface area contributed by atoms with Gasteiger partial charge in [-0.1, -0.05) is 13.8 Å². The van der Waals surface area contributed by atoms with Crippen molar-refractivity contribution in [2.75, 3.05) is 5.73 Å². The van der Waals surface area contributed by atoms with Crippen LogP contribution in [0, 0.1) is 5.92 Å². The summed E-state index contributed by atoms with van der Waals surface area (Å²) in [5.41, 5.74) is 7.16. The van der Waals surface area contributed by atoms with Crippen molar-refractivity contribution in [3.8, 4) is 0 Å². The van der Waals surface area contributed by atoms with E-state index in [0.29, 0.717) is 23.3 Å². The van der Waals surface area contributed by atoms with Crippen molar-refractivity contribution in [1.29, 1.82) is 0 Å². The molecule has 0 radical (unpaired) electrons. The molecule has 0 aliphatic heterocycles. The van der Waals surface area contributed by atoms with Crippen LogP contribution in [0.2, 0.25) is 0 Å². The third kappa shape index (κ3) is 3.06. The van der Waals surface area contributed by atoms with Crippen molar-refractivity contribution in [1.82, 2.24) is 9.88 Å². The molecule has 1 aromatic rings. The number of nitrogens with one attached hydrogen (secondary N) is 1. The highest BCUT2D eigenvalue weighted by molar-refractivity contribution is 5.94. The average Bonchev–Trinajstić information content (AvgIpc) is 3.00. The lowest BCUT2D eigenvalue weighted by Crippen LogP contribution is -2.34. The number of aromatic nitrogens is 1. The van der Waals surface area contributed by atoms with Gasteiger partial charge < -0.3 is 15.6 Å². The van der Waals surface area contributed by atoms with Gasteiger partial charge in [0.25, 0.3) is 5.91 Å². The number of rotatable bonds is 5. The van der Waals surface area contributed by atoms with E-state index in [4.69, 9.17) is 5.73 Å². The molecule has 1 aliphatic carbocycles. The second-order valence-electron chi connectivity index (χ2n) is 5.80. The summed E-state index contributed by atoms with van der Waals surface area (Å²) in [6.45, 7) is 6.37. The Bertz CT molecular complexity index is 432. The van der Waals surface area contributed by atoms with E-state index in [-0.39, 0.29) is 11.9 Å². The van der Waals surface area contributed by atoms with E-state index >= 15 is 0 Å². The molecule has 100 valence electrons. The fourth-order valence-corrected chi connectivity index (χ4v) is 2.40. The van der Waals surface area contributed by atoms with E-state index in [0.717, 1.165) is 19.3 Å².